The van der Waals surface area contributed by atoms with Crippen LogP contribution in [0.15, 0.2) is 47.2 Å². The van der Waals surface area contributed by atoms with E-state index in [9.17, 15) is 4.79 Å². The molecule has 1 aliphatic carbocycles. The molecule has 1 fully saturated rings. The maximum Gasteiger partial charge on any atom is 0.318 e. The fourth-order valence-corrected chi connectivity index (χ4v) is 2.99. The number of carbonyl (C=O) groups excluding carboxylic acids is 1. The Labute approximate surface area is 136 Å². The zero-order valence-electron chi connectivity index (χ0n) is 13.3. The van der Waals surface area contributed by atoms with E-state index >= 15 is 0 Å². The van der Waals surface area contributed by atoms with Gasteiger partial charge in [-0.3, -0.25) is 4.98 Å². The lowest BCUT2D eigenvalue weighted by Crippen LogP contribution is -2.44. The molecule has 0 atom stereocenters. The first-order valence-electron chi connectivity index (χ1n) is 8.29. The first kappa shape index (κ1) is 15.6. The Balaban J connectivity index is 1.66. The smallest absolute Gasteiger partial charge is 0.318 e. The molecular weight excluding hydrogens is 290 g/mol. The van der Waals surface area contributed by atoms with E-state index < -0.39 is 0 Å². The summed E-state index contributed by atoms with van der Waals surface area (Å²) in [7, 11) is 0. The Morgan fingerprint density at radius 1 is 1.17 bits per heavy atom. The zero-order valence-corrected chi connectivity index (χ0v) is 13.3. The minimum atomic E-state index is -0.0426. The maximum absolute atomic E-state index is 12.7. The van der Waals surface area contributed by atoms with Gasteiger partial charge in [0, 0.05) is 12.2 Å². The van der Waals surface area contributed by atoms with Crippen LogP contribution >= 0.6 is 0 Å². The average Bonchev–Trinajstić information content (AvgIpc) is 3.09. The van der Waals surface area contributed by atoms with Crippen LogP contribution in [0.4, 0.5) is 4.79 Å². The van der Waals surface area contributed by atoms with Crippen molar-refractivity contribution >= 4 is 6.03 Å². The molecule has 0 spiro atoms. The molecule has 1 saturated carbocycles. The van der Waals surface area contributed by atoms with Crippen LogP contribution < -0.4 is 5.32 Å². The Hall–Kier alpha value is -2.30. The van der Waals surface area contributed by atoms with E-state index in [1.165, 1.54) is 19.3 Å². The van der Waals surface area contributed by atoms with Crippen LogP contribution in [0.5, 0.6) is 0 Å². The number of nitrogens with one attached hydrogen (secondary N) is 1. The lowest BCUT2D eigenvalue weighted by Gasteiger charge is -2.27. The molecule has 5 heteroatoms. The second-order valence-electron chi connectivity index (χ2n) is 6.04. The van der Waals surface area contributed by atoms with Gasteiger partial charge in [0.25, 0.3) is 0 Å². The largest absolute Gasteiger partial charge is 0.467 e. The van der Waals surface area contributed by atoms with Crippen LogP contribution in [0.25, 0.3) is 0 Å². The van der Waals surface area contributed by atoms with Gasteiger partial charge in [-0.2, -0.15) is 0 Å². The number of urea groups is 1. The number of carbonyl (C=O) groups is 1. The maximum atomic E-state index is 12.7. The molecule has 1 aliphatic rings. The van der Waals surface area contributed by atoms with E-state index in [-0.39, 0.29) is 6.03 Å². The van der Waals surface area contributed by atoms with E-state index in [0.29, 0.717) is 19.1 Å². The van der Waals surface area contributed by atoms with E-state index in [4.69, 9.17) is 4.42 Å². The van der Waals surface area contributed by atoms with Crippen molar-refractivity contribution in [3.8, 4) is 0 Å². The topological polar surface area (TPSA) is 58.4 Å². The summed E-state index contributed by atoms with van der Waals surface area (Å²) in [6.07, 6.45) is 9.20. The number of furan rings is 1. The van der Waals surface area contributed by atoms with E-state index in [1.807, 2.05) is 30.3 Å². The van der Waals surface area contributed by atoms with Gasteiger partial charge in [0.1, 0.15) is 5.76 Å². The van der Waals surface area contributed by atoms with Crippen molar-refractivity contribution < 1.29 is 9.21 Å². The quantitative estimate of drug-likeness (QED) is 0.915. The molecule has 0 aromatic carbocycles. The Morgan fingerprint density at radius 2 is 2.04 bits per heavy atom. The summed E-state index contributed by atoms with van der Waals surface area (Å²) in [6, 6.07) is 9.72. The summed E-state index contributed by atoms with van der Waals surface area (Å²) in [5.74, 6) is 0.778. The third-order valence-corrected chi connectivity index (χ3v) is 4.23. The van der Waals surface area contributed by atoms with E-state index in [2.05, 4.69) is 10.3 Å². The van der Waals surface area contributed by atoms with Gasteiger partial charge in [0.2, 0.25) is 0 Å². The highest BCUT2D eigenvalue weighted by Crippen LogP contribution is 2.18. The fourth-order valence-electron chi connectivity index (χ4n) is 2.99. The fraction of sp³-hybridized carbons (Fsp3) is 0.444. The van der Waals surface area contributed by atoms with Crippen LogP contribution in [0, 0.1) is 0 Å². The normalized spacial score (nSPS) is 15.3. The predicted octanol–water partition coefficient (Wildman–Crippen LogP) is 3.72. The van der Waals surface area contributed by atoms with Crippen molar-refractivity contribution in [3.63, 3.8) is 0 Å². The number of hydrogen-bond donors (Lipinski definition) is 1. The van der Waals surface area contributed by atoms with Gasteiger partial charge < -0.3 is 14.6 Å². The number of pyridine rings is 1. The summed E-state index contributed by atoms with van der Waals surface area (Å²) < 4.78 is 5.40. The minimum Gasteiger partial charge on any atom is -0.467 e. The van der Waals surface area contributed by atoms with E-state index in [1.54, 1.807) is 17.4 Å². The number of amides is 2. The van der Waals surface area contributed by atoms with Crippen LogP contribution in [-0.4, -0.2) is 22.0 Å². The van der Waals surface area contributed by atoms with Crippen molar-refractivity contribution in [2.45, 2.75) is 51.2 Å². The minimum absolute atomic E-state index is 0.0426. The third kappa shape index (κ3) is 4.58. The molecule has 0 radical (unpaired) electrons. The Bertz CT molecular complexity index is 592. The van der Waals surface area contributed by atoms with Crippen LogP contribution in [-0.2, 0) is 13.1 Å². The number of rotatable bonds is 5. The highest BCUT2D eigenvalue weighted by Gasteiger charge is 2.21. The lowest BCUT2D eigenvalue weighted by atomic mass is 9.96. The van der Waals surface area contributed by atoms with Crippen molar-refractivity contribution in [3.05, 3.63) is 54.2 Å². The molecular formula is C18H23N3O2. The van der Waals surface area contributed by atoms with Gasteiger partial charge in [-0.05, 0) is 37.1 Å². The molecule has 0 saturated heterocycles. The Morgan fingerprint density at radius 3 is 2.74 bits per heavy atom. The van der Waals surface area contributed by atoms with Crippen LogP contribution in [0.1, 0.15) is 43.6 Å². The van der Waals surface area contributed by atoms with Crippen molar-refractivity contribution in [1.82, 2.24) is 15.2 Å². The zero-order chi connectivity index (χ0) is 15.9. The first-order chi connectivity index (χ1) is 11.3. The summed E-state index contributed by atoms with van der Waals surface area (Å²) in [5, 5.41) is 3.17. The third-order valence-electron chi connectivity index (χ3n) is 4.23. The van der Waals surface area contributed by atoms with Crippen LogP contribution in [0.2, 0.25) is 0 Å². The summed E-state index contributed by atoms with van der Waals surface area (Å²) in [5.41, 5.74) is 0.873. The van der Waals surface area contributed by atoms with Crippen molar-refractivity contribution in [2.24, 2.45) is 0 Å². The number of nitrogens with zero attached hydrogens (tertiary/aromatic N) is 2. The molecule has 2 aromatic rings. The van der Waals surface area contributed by atoms with Crippen LogP contribution in [0.3, 0.4) is 0 Å². The molecule has 2 heterocycles. The molecule has 0 bridgehead atoms. The van der Waals surface area contributed by atoms with Gasteiger partial charge in [-0.25, -0.2) is 4.79 Å². The van der Waals surface area contributed by atoms with Gasteiger partial charge in [0.05, 0.1) is 25.0 Å². The summed E-state index contributed by atoms with van der Waals surface area (Å²) >= 11 is 0. The standard InChI is InChI=1S/C18H23N3O2/c22-18(20-15-7-2-1-3-8-15)21(14-17-10-6-12-23-17)13-16-9-4-5-11-19-16/h4-6,9-12,15H,1-3,7-8,13-14H2,(H,20,22). The summed E-state index contributed by atoms with van der Waals surface area (Å²) in [4.78, 5) is 18.8. The number of aromatic nitrogens is 1. The highest BCUT2D eigenvalue weighted by molar-refractivity contribution is 5.74. The van der Waals surface area contributed by atoms with Gasteiger partial charge in [-0.15, -0.1) is 0 Å². The molecule has 2 amide bonds. The van der Waals surface area contributed by atoms with Crippen molar-refractivity contribution in [2.75, 3.05) is 0 Å². The van der Waals surface area contributed by atoms with Gasteiger partial charge >= 0.3 is 6.03 Å². The SMILES string of the molecule is O=C(NC1CCCCC1)N(Cc1ccccn1)Cc1ccco1. The molecule has 2 aromatic heterocycles. The first-order valence-corrected chi connectivity index (χ1v) is 8.29. The molecule has 3 rings (SSSR count). The lowest BCUT2D eigenvalue weighted by molar-refractivity contribution is 0.179. The van der Waals surface area contributed by atoms with Gasteiger partial charge in [-0.1, -0.05) is 25.3 Å². The molecule has 1 N–H and O–H groups in total. The molecule has 5 nitrogen and oxygen atoms in total. The molecule has 122 valence electrons. The van der Waals surface area contributed by atoms with E-state index in [0.717, 1.165) is 24.3 Å². The second-order valence-corrected chi connectivity index (χ2v) is 6.04. The molecule has 0 unspecified atom stereocenters. The molecule has 0 aliphatic heterocycles. The Kier molecular flexibility index (Phi) is 5.29. The highest BCUT2D eigenvalue weighted by atomic mass is 16.3. The second kappa shape index (κ2) is 7.81. The predicted molar refractivity (Wildman–Crippen MR) is 87.6 cm³/mol. The summed E-state index contributed by atoms with van der Waals surface area (Å²) in [6.45, 7) is 0.919. The number of hydrogen-bond acceptors (Lipinski definition) is 3. The monoisotopic (exact) mass is 313 g/mol. The molecule has 23 heavy (non-hydrogen) atoms. The van der Waals surface area contributed by atoms with Gasteiger partial charge in [0.15, 0.2) is 0 Å². The van der Waals surface area contributed by atoms with Crippen molar-refractivity contribution in [1.29, 1.82) is 0 Å². The average molecular weight is 313 g/mol.